The van der Waals surface area contributed by atoms with Crippen LogP contribution in [0.15, 0.2) is 65.6 Å². The molecule has 1 saturated heterocycles. The molecule has 8 heteroatoms. The van der Waals surface area contributed by atoms with Crippen LogP contribution in [0.3, 0.4) is 0 Å². The monoisotopic (exact) mass is 420 g/mol. The van der Waals surface area contributed by atoms with Crippen LogP contribution >= 0.6 is 0 Å². The molecule has 1 atom stereocenters. The maximum Gasteiger partial charge on any atom is 0.294 e. The van der Waals surface area contributed by atoms with Crippen molar-refractivity contribution < 1.29 is 14.3 Å². The average Bonchev–Trinajstić information content (AvgIpc) is 3.32. The molecule has 0 saturated carbocycles. The summed E-state index contributed by atoms with van der Waals surface area (Å²) in [5.74, 6) is 0.751. The number of rotatable bonds is 7. The second kappa shape index (κ2) is 9.44. The molecule has 31 heavy (non-hydrogen) atoms. The summed E-state index contributed by atoms with van der Waals surface area (Å²) in [5, 5.41) is 10.0. The van der Waals surface area contributed by atoms with E-state index in [0.717, 1.165) is 19.4 Å². The van der Waals surface area contributed by atoms with Crippen LogP contribution in [0.4, 0.5) is 11.4 Å². The molecule has 160 valence electrons. The van der Waals surface area contributed by atoms with Crippen LogP contribution in [0, 0.1) is 0 Å². The molecule has 0 unspecified atom stereocenters. The van der Waals surface area contributed by atoms with E-state index in [1.807, 2.05) is 18.2 Å². The van der Waals surface area contributed by atoms with Gasteiger partial charge in [0.1, 0.15) is 5.75 Å². The third-order valence-corrected chi connectivity index (χ3v) is 5.00. The Morgan fingerprint density at radius 2 is 1.97 bits per heavy atom. The van der Waals surface area contributed by atoms with Gasteiger partial charge in [0.25, 0.3) is 11.5 Å². The van der Waals surface area contributed by atoms with Gasteiger partial charge < -0.3 is 20.1 Å². The Morgan fingerprint density at radius 3 is 2.68 bits per heavy atom. The number of hydrogen-bond acceptors (Lipinski definition) is 6. The maximum atomic E-state index is 12.7. The minimum Gasteiger partial charge on any atom is -0.453 e. The van der Waals surface area contributed by atoms with Gasteiger partial charge in [-0.25, -0.2) is 4.68 Å². The van der Waals surface area contributed by atoms with Gasteiger partial charge in [0.15, 0.2) is 11.4 Å². The molecule has 4 rings (SSSR count). The summed E-state index contributed by atoms with van der Waals surface area (Å²) in [6.07, 6.45) is 3.59. The zero-order valence-electron chi connectivity index (χ0n) is 17.2. The first-order valence-corrected chi connectivity index (χ1v) is 10.2. The summed E-state index contributed by atoms with van der Waals surface area (Å²) in [4.78, 5) is 25.0. The minimum atomic E-state index is -0.327. The van der Waals surface area contributed by atoms with Gasteiger partial charge in [-0.15, -0.1) is 0 Å². The zero-order valence-corrected chi connectivity index (χ0v) is 17.2. The molecule has 2 heterocycles. The second-order valence-electron chi connectivity index (χ2n) is 7.28. The fraction of sp³-hybridized carbons (Fsp3) is 0.261. The number of carbonyl (C=O) groups is 1. The number of anilines is 2. The fourth-order valence-electron chi connectivity index (χ4n) is 3.29. The van der Waals surface area contributed by atoms with Gasteiger partial charge in [0.05, 0.1) is 12.3 Å². The summed E-state index contributed by atoms with van der Waals surface area (Å²) in [7, 11) is 1.57. The van der Waals surface area contributed by atoms with E-state index in [9.17, 15) is 9.59 Å². The van der Waals surface area contributed by atoms with Crippen molar-refractivity contribution in [3.05, 3.63) is 76.7 Å². The van der Waals surface area contributed by atoms with E-state index in [0.29, 0.717) is 29.3 Å². The molecule has 8 nitrogen and oxygen atoms in total. The zero-order chi connectivity index (χ0) is 21.6. The van der Waals surface area contributed by atoms with Gasteiger partial charge in [0, 0.05) is 31.5 Å². The van der Waals surface area contributed by atoms with E-state index in [2.05, 4.69) is 15.7 Å². The first kappa shape index (κ1) is 20.6. The third kappa shape index (κ3) is 5.10. The van der Waals surface area contributed by atoms with E-state index in [4.69, 9.17) is 9.47 Å². The summed E-state index contributed by atoms with van der Waals surface area (Å²) in [6, 6.07) is 16.1. The molecule has 0 bridgehead atoms. The average molecular weight is 420 g/mol. The lowest BCUT2D eigenvalue weighted by atomic mass is 10.1. The molecule has 1 fully saturated rings. The van der Waals surface area contributed by atoms with Gasteiger partial charge in [-0.2, -0.15) is 5.10 Å². The number of hydrogen-bond donors (Lipinski definition) is 2. The number of amides is 1. The Hall–Kier alpha value is -3.65. The van der Waals surface area contributed by atoms with E-state index in [1.165, 1.54) is 10.9 Å². The first-order chi connectivity index (χ1) is 15.1. The highest BCUT2D eigenvalue weighted by Gasteiger charge is 2.17. The molecular weight excluding hydrogens is 396 g/mol. The molecular formula is C23H24N4O4. The largest absolute Gasteiger partial charge is 0.453 e. The number of aryl methyl sites for hydroxylation is 1. The lowest BCUT2D eigenvalue weighted by Gasteiger charge is -2.14. The van der Waals surface area contributed by atoms with Gasteiger partial charge in [-0.1, -0.05) is 18.2 Å². The van der Waals surface area contributed by atoms with Crippen molar-refractivity contribution in [1.82, 2.24) is 15.1 Å². The first-order valence-electron chi connectivity index (χ1n) is 10.2. The van der Waals surface area contributed by atoms with E-state index in [1.54, 1.807) is 43.4 Å². The molecule has 1 aliphatic heterocycles. The lowest BCUT2D eigenvalue weighted by molar-refractivity contribution is 0.0858. The molecule has 0 radical (unpaired) electrons. The number of carbonyl (C=O) groups excluding carboxylic acids is 1. The third-order valence-electron chi connectivity index (χ3n) is 5.00. The summed E-state index contributed by atoms with van der Waals surface area (Å²) in [6.45, 7) is 1.26. The van der Waals surface area contributed by atoms with Crippen LogP contribution < -0.4 is 20.9 Å². The SMILES string of the molecule is Cn1ncc(Oc2ccccc2)c(Nc2ccc(C(=O)NC[C@@H]3CCCO3)cc2)c1=O. The lowest BCUT2D eigenvalue weighted by Crippen LogP contribution is -2.31. The highest BCUT2D eigenvalue weighted by Crippen LogP contribution is 2.28. The summed E-state index contributed by atoms with van der Waals surface area (Å²) >= 11 is 0. The molecule has 2 N–H and O–H groups in total. The van der Waals surface area contributed by atoms with Crippen LogP contribution in [0.2, 0.25) is 0 Å². The van der Waals surface area contributed by atoms with Crippen LogP contribution in [0.5, 0.6) is 11.5 Å². The standard InChI is InChI=1S/C23H24N4O4/c1-27-23(29)21(20(15-25-27)31-18-6-3-2-4-7-18)26-17-11-9-16(10-12-17)22(28)24-14-19-8-5-13-30-19/h2-4,6-7,9-12,15,19,26H,5,8,13-14H2,1H3,(H,24,28)/t19-/m0/s1. The second-order valence-corrected chi connectivity index (χ2v) is 7.28. The molecule has 1 amide bonds. The number of aromatic nitrogens is 2. The molecule has 0 aliphatic carbocycles. The quantitative estimate of drug-likeness (QED) is 0.610. The highest BCUT2D eigenvalue weighted by atomic mass is 16.5. The van der Waals surface area contributed by atoms with Crippen LogP contribution in [-0.2, 0) is 11.8 Å². The Labute approximate surface area is 179 Å². The van der Waals surface area contributed by atoms with Crippen molar-refractivity contribution in [3.8, 4) is 11.5 Å². The number of ether oxygens (including phenoxy) is 2. The Balaban J connectivity index is 1.47. The topological polar surface area (TPSA) is 94.5 Å². The normalized spacial score (nSPS) is 15.5. The Morgan fingerprint density at radius 1 is 1.19 bits per heavy atom. The predicted molar refractivity (Wildman–Crippen MR) is 117 cm³/mol. The van der Waals surface area contributed by atoms with Crippen LogP contribution in [0.1, 0.15) is 23.2 Å². The van der Waals surface area contributed by atoms with Gasteiger partial charge in [0.2, 0.25) is 0 Å². The molecule has 1 aliphatic rings. The maximum absolute atomic E-state index is 12.7. The molecule has 1 aromatic heterocycles. The summed E-state index contributed by atoms with van der Waals surface area (Å²) in [5.41, 5.74) is 1.12. The van der Waals surface area contributed by atoms with Crippen molar-refractivity contribution in [2.24, 2.45) is 7.05 Å². The van der Waals surface area contributed by atoms with Gasteiger partial charge in [-0.3, -0.25) is 9.59 Å². The smallest absolute Gasteiger partial charge is 0.294 e. The van der Waals surface area contributed by atoms with Crippen molar-refractivity contribution in [3.63, 3.8) is 0 Å². The number of para-hydroxylation sites is 1. The number of nitrogens with zero attached hydrogens (tertiary/aromatic N) is 2. The van der Waals surface area contributed by atoms with Crippen molar-refractivity contribution in [2.45, 2.75) is 18.9 Å². The van der Waals surface area contributed by atoms with Crippen LogP contribution in [-0.4, -0.2) is 34.9 Å². The number of benzene rings is 2. The van der Waals surface area contributed by atoms with Crippen molar-refractivity contribution in [1.29, 1.82) is 0 Å². The van der Waals surface area contributed by atoms with E-state index >= 15 is 0 Å². The van der Waals surface area contributed by atoms with E-state index in [-0.39, 0.29) is 23.3 Å². The molecule has 2 aromatic carbocycles. The van der Waals surface area contributed by atoms with Crippen molar-refractivity contribution in [2.75, 3.05) is 18.5 Å². The highest BCUT2D eigenvalue weighted by molar-refractivity contribution is 5.94. The number of nitrogens with one attached hydrogen (secondary N) is 2. The van der Waals surface area contributed by atoms with Crippen LogP contribution in [0.25, 0.3) is 0 Å². The summed E-state index contributed by atoms with van der Waals surface area (Å²) < 4.78 is 12.6. The van der Waals surface area contributed by atoms with Crippen molar-refractivity contribution >= 4 is 17.3 Å². The Kier molecular flexibility index (Phi) is 6.28. The van der Waals surface area contributed by atoms with Gasteiger partial charge >= 0.3 is 0 Å². The fourth-order valence-corrected chi connectivity index (χ4v) is 3.29. The van der Waals surface area contributed by atoms with E-state index < -0.39 is 0 Å². The predicted octanol–water partition coefficient (Wildman–Crippen LogP) is 3.23. The molecule has 0 spiro atoms. The van der Waals surface area contributed by atoms with Gasteiger partial charge in [-0.05, 0) is 49.2 Å². The minimum absolute atomic E-state index is 0.0934. The Bertz CT molecular complexity index is 1090. The molecule has 3 aromatic rings.